The lowest BCUT2D eigenvalue weighted by Crippen LogP contribution is -2.31. The van der Waals surface area contributed by atoms with E-state index in [-0.39, 0.29) is 17.2 Å². The van der Waals surface area contributed by atoms with Gasteiger partial charge >= 0.3 is 0 Å². The lowest BCUT2D eigenvalue weighted by molar-refractivity contribution is -0.120. The van der Waals surface area contributed by atoms with Crippen LogP contribution in [0.3, 0.4) is 0 Å². The van der Waals surface area contributed by atoms with Crippen LogP contribution in [-0.4, -0.2) is 19.6 Å². The summed E-state index contributed by atoms with van der Waals surface area (Å²) in [5.41, 5.74) is 2.74. The number of hydrazine groups is 1. The molecular weight excluding hydrogens is 240 g/mol. The first-order valence-corrected chi connectivity index (χ1v) is 6.75. The Kier molecular flexibility index (Phi) is 4.25. The number of carbonyl (C=O) groups excluding carboxylic acids is 1. The number of hydrogen-bond donors (Lipinski definition) is 2. The number of nitrogens with two attached hydrogens (primary N) is 1. The highest BCUT2D eigenvalue weighted by Gasteiger charge is 2.18. The maximum absolute atomic E-state index is 11.8. The molecule has 0 fully saturated rings. The highest BCUT2D eigenvalue weighted by Crippen LogP contribution is 2.16. The molecule has 0 saturated carbocycles. The first-order chi connectivity index (χ1) is 7.87. The minimum atomic E-state index is -3.25. The van der Waals surface area contributed by atoms with Gasteiger partial charge in [0.2, 0.25) is 5.91 Å². The number of amides is 1. The summed E-state index contributed by atoms with van der Waals surface area (Å²) in [6.45, 7) is 3.26. The van der Waals surface area contributed by atoms with Gasteiger partial charge in [-0.1, -0.05) is 12.1 Å². The quantitative estimate of drug-likeness (QED) is 0.463. The predicted octanol–water partition coefficient (Wildman–Crippen LogP) is 0.401. The van der Waals surface area contributed by atoms with E-state index >= 15 is 0 Å². The molecule has 0 aliphatic heterocycles. The van der Waals surface area contributed by atoms with Crippen LogP contribution in [0.4, 0.5) is 0 Å². The molecule has 0 aromatic heterocycles. The smallest absolute Gasteiger partial charge is 0.238 e. The molecule has 0 heterocycles. The maximum atomic E-state index is 11.8. The zero-order valence-corrected chi connectivity index (χ0v) is 10.6. The van der Waals surface area contributed by atoms with E-state index in [0.717, 1.165) is 5.56 Å². The molecule has 1 aromatic rings. The summed E-state index contributed by atoms with van der Waals surface area (Å²) in [4.78, 5) is 11.3. The van der Waals surface area contributed by atoms with Gasteiger partial charge in [-0.15, -0.1) is 0 Å². The van der Waals surface area contributed by atoms with Crippen molar-refractivity contribution in [2.75, 3.05) is 0 Å². The molecule has 0 bridgehead atoms. The summed E-state index contributed by atoms with van der Waals surface area (Å²) < 4.78 is 23.6. The van der Waals surface area contributed by atoms with Crippen molar-refractivity contribution in [2.24, 2.45) is 5.84 Å². The van der Waals surface area contributed by atoms with Crippen LogP contribution in [0, 0.1) is 0 Å². The van der Waals surface area contributed by atoms with Gasteiger partial charge in [-0.3, -0.25) is 10.2 Å². The van der Waals surface area contributed by atoms with E-state index in [2.05, 4.69) is 0 Å². The maximum Gasteiger partial charge on any atom is 0.238 e. The molecule has 94 valence electrons. The Balaban J connectivity index is 2.93. The Labute approximate surface area is 101 Å². The lowest BCUT2D eigenvalue weighted by Gasteiger charge is -2.08. The third-order valence-electron chi connectivity index (χ3n) is 2.40. The highest BCUT2D eigenvalue weighted by atomic mass is 32.2. The average Bonchev–Trinajstić information content (AvgIpc) is 2.29. The topological polar surface area (TPSA) is 89.3 Å². The number of rotatable bonds is 4. The Hall–Kier alpha value is -1.40. The van der Waals surface area contributed by atoms with Crippen molar-refractivity contribution in [1.82, 2.24) is 5.43 Å². The first kappa shape index (κ1) is 13.7. The fourth-order valence-corrected chi connectivity index (χ4v) is 2.37. The van der Waals surface area contributed by atoms with Crippen LogP contribution in [0.5, 0.6) is 0 Å². The van der Waals surface area contributed by atoms with Gasteiger partial charge < -0.3 is 0 Å². The largest absolute Gasteiger partial charge is 0.294 e. The summed E-state index contributed by atoms with van der Waals surface area (Å²) in [5.74, 6) is 4.65. The van der Waals surface area contributed by atoms with E-state index < -0.39 is 15.1 Å². The number of sulfone groups is 1. The van der Waals surface area contributed by atoms with E-state index in [1.54, 1.807) is 26.0 Å². The molecule has 0 saturated heterocycles. The van der Waals surface area contributed by atoms with Crippen molar-refractivity contribution in [3.05, 3.63) is 29.8 Å². The minimum absolute atomic E-state index is 0.137. The van der Waals surface area contributed by atoms with Crippen LogP contribution in [0.1, 0.15) is 19.4 Å². The molecule has 1 amide bonds. The van der Waals surface area contributed by atoms with Crippen molar-refractivity contribution in [3.8, 4) is 0 Å². The molecule has 17 heavy (non-hydrogen) atoms. The molecule has 6 heteroatoms. The van der Waals surface area contributed by atoms with E-state index in [0.29, 0.717) is 0 Å². The van der Waals surface area contributed by atoms with E-state index in [4.69, 9.17) is 5.84 Å². The van der Waals surface area contributed by atoms with Crippen LogP contribution >= 0.6 is 0 Å². The minimum Gasteiger partial charge on any atom is -0.294 e. The first-order valence-electron chi connectivity index (χ1n) is 5.20. The Bertz CT molecular complexity index is 492. The van der Waals surface area contributed by atoms with Gasteiger partial charge in [0, 0.05) is 0 Å². The number of hydrogen-bond acceptors (Lipinski definition) is 4. The zero-order valence-electron chi connectivity index (χ0n) is 9.80. The van der Waals surface area contributed by atoms with Crippen LogP contribution in [0.2, 0.25) is 0 Å². The normalized spacial score (nSPS) is 11.5. The van der Waals surface area contributed by atoms with Crippen molar-refractivity contribution in [1.29, 1.82) is 0 Å². The van der Waals surface area contributed by atoms with Crippen LogP contribution < -0.4 is 11.3 Å². The van der Waals surface area contributed by atoms with Gasteiger partial charge in [0.15, 0.2) is 9.84 Å². The second-order valence-corrected chi connectivity index (χ2v) is 6.49. The second kappa shape index (κ2) is 5.29. The monoisotopic (exact) mass is 256 g/mol. The van der Waals surface area contributed by atoms with E-state index in [9.17, 15) is 13.2 Å². The van der Waals surface area contributed by atoms with Crippen molar-refractivity contribution >= 4 is 15.7 Å². The molecule has 0 aliphatic carbocycles. The van der Waals surface area contributed by atoms with Crippen LogP contribution in [-0.2, 0) is 21.1 Å². The molecule has 5 nitrogen and oxygen atoms in total. The third kappa shape index (κ3) is 3.28. The number of carbonyl (C=O) groups is 1. The summed E-state index contributed by atoms with van der Waals surface area (Å²) in [5, 5.41) is -0.458. The molecule has 0 aliphatic rings. The Morgan fingerprint density at radius 3 is 2.24 bits per heavy atom. The highest BCUT2D eigenvalue weighted by molar-refractivity contribution is 7.92. The zero-order chi connectivity index (χ0) is 13.1. The Morgan fingerprint density at radius 1 is 1.29 bits per heavy atom. The summed E-state index contributed by atoms with van der Waals surface area (Å²) in [7, 11) is -3.25. The standard InChI is InChI=1S/C11H16N2O3S/c1-8(2)17(15,16)10-5-3-9(4-6-10)7-11(14)13-12/h3-6,8H,7,12H2,1-2H3,(H,13,14). The predicted molar refractivity (Wildman–Crippen MR) is 64.8 cm³/mol. The SMILES string of the molecule is CC(C)S(=O)(=O)c1ccc(CC(=O)NN)cc1. The van der Waals surface area contributed by atoms with E-state index in [1.165, 1.54) is 12.1 Å². The summed E-state index contributed by atoms with van der Waals surface area (Å²) in [6.07, 6.45) is 0.137. The fourth-order valence-electron chi connectivity index (χ4n) is 1.31. The van der Waals surface area contributed by atoms with Crippen molar-refractivity contribution in [2.45, 2.75) is 30.4 Å². The van der Waals surface area contributed by atoms with Crippen molar-refractivity contribution in [3.63, 3.8) is 0 Å². The van der Waals surface area contributed by atoms with Crippen LogP contribution in [0.25, 0.3) is 0 Å². The van der Waals surface area contributed by atoms with Gasteiger partial charge in [-0.25, -0.2) is 14.3 Å². The second-order valence-electron chi connectivity index (χ2n) is 3.98. The van der Waals surface area contributed by atoms with Gasteiger partial charge in [0.25, 0.3) is 0 Å². The molecule has 3 N–H and O–H groups in total. The molecule has 0 radical (unpaired) electrons. The van der Waals surface area contributed by atoms with Gasteiger partial charge in [0.1, 0.15) is 0 Å². The molecule has 0 unspecified atom stereocenters. The van der Waals surface area contributed by atoms with E-state index in [1.807, 2.05) is 5.43 Å². The third-order valence-corrected chi connectivity index (χ3v) is 4.57. The summed E-state index contributed by atoms with van der Waals surface area (Å²) in [6, 6.07) is 6.25. The molecule has 0 atom stereocenters. The summed E-state index contributed by atoms with van der Waals surface area (Å²) >= 11 is 0. The van der Waals surface area contributed by atoms with Gasteiger partial charge in [-0.2, -0.15) is 0 Å². The Morgan fingerprint density at radius 2 is 1.82 bits per heavy atom. The van der Waals surface area contributed by atoms with Gasteiger partial charge in [-0.05, 0) is 31.5 Å². The van der Waals surface area contributed by atoms with Gasteiger partial charge in [0.05, 0.1) is 16.6 Å². The molecule has 1 aromatic carbocycles. The number of nitrogens with one attached hydrogen (secondary N) is 1. The van der Waals surface area contributed by atoms with Crippen LogP contribution in [0.15, 0.2) is 29.2 Å². The molecule has 1 rings (SSSR count). The lowest BCUT2D eigenvalue weighted by atomic mass is 10.1. The fraction of sp³-hybridized carbons (Fsp3) is 0.364. The number of benzene rings is 1. The van der Waals surface area contributed by atoms with Crippen molar-refractivity contribution < 1.29 is 13.2 Å². The average molecular weight is 256 g/mol. The molecule has 0 spiro atoms. The molecular formula is C11H16N2O3S.